The Balaban J connectivity index is 2.12. The molecule has 1 aromatic carbocycles. The fraction of sp³-hybridized carbons (Fsp3) is 0.250. The van der Waals surface area contributed by atoms with Crippen molar-refractivity contribution in [3.63, 3.8) is 0 Å². The maximum absolute atomic E-state index is 9.52. The van der Waals surface area contributed by atoms with Gasteiger partial charge in [-0.25, -0.2) is 9.97 Å². The Kier molecular flexibility index (Phi) is 3.03. The Bertz CT molecular complexity index is 757. The van der Waals surface area contributed by atoms with Crippen LogP contribution in [0.5, 0.6) is 0 Å². The molecular formula is C16H17N3O. The van der Waals surface area contributed by atoms with Gasteiger partial charge in [0, 0.05) is 6.20 Å². The minimum Gasteiger partial charge on any atom is -0.389 e. The van der Waals surface area contributed by atoms with E-state index < -0.39 is 6.10 Å². The van der Waals surface area contributed by atoms with E-state index >= 15 is 0 Å². The number of nitrogens with zero attached hydrogens (tertiary/aromatic N) is 3. The molecule has 0 unspecified atom stereocenters. The van der Waals surface area contributed by atoms with Crippen LogP contribution >= 0.6 is 0 Å². The molecule has 1 N–H and O–H groups in total. The third-order valence-electron chi connectivity index (χ3n) is 3.66. The van der Waals surface area contributed by atoms with Crippen LogP contribution in [0.25, 0.3) is 16.9 Å². The van der Waals surface area contributed by atoms with Gasteiger partial charge in [0.1, 0.15) is 12.1 Å². The predicted molar refractivity (Wildman–Crippen MR) is 79.0 cm³/mol. The van der Waals surface area contributed by atoms with Gasteiger partial charge in [-0.15, -0.1) is 0 Å². The van der Waals surface area contributed by atoms with E-state index in [1.165, 1.54) is 11.1 Å². The Hall–Kier alpha value is -2.20. The molecule has 2 aromatic heterocycles. The summed E-state index contributed by atoms with van der Waals surface area (Å²) in [6.07, 6.45) is 2.99. The molecule has 4 nitrogen and oxygen atoms in total. The van der Waals surface area contributed by atoms with Crippen molar-refractivity contribution in [2.24, 2.45) is 0 Å². The molecule has 0 bridgehead atoms. The molecule has 0 aliphatic rings. The van der Waals surface area contributed by atoms with Crippen molar-refractivity contribution in [2.75, 3.05) is 0 Å². The highest BCUT2D eigenvalue weighted by Gasteiger charge is 2.08. The molecule has 0 amide bonds. The van der Waals surface area contributed by atoms with E-state index in [-0.39, 0.29) is 0 Å². The number of pyridine rings is 1. The van der Waals surface area contributed by atoms with Crippen LogP contribution in [0.15, 0.2) is 36.8 Å². The summed E-state index contributed by atoms with van der Waals surface area (Å²) in [4.78, 5) is 8.84. The first-order valence-electron chi connectivity index (χ1n) is 6.65. The second-order valence-corrected chi connectivity index (χ2v) is 5.17. The first kappa shape index (κ1) is 12.8. The van der Waals surface area contributed by atoms with Crippen molar-refractivity contribution in [1.82, 2.24) is 14.5 Å². The van der Waals surface area contributed by atoms with Crippen molar-refractivity contribution in [3.8, 4) is 5.82 Å². The Morgan fingerprint density at radius 1 is 1.10 bits per heavy atom. The second kappa shape index (κ2) is 4.72. The summed E-state index contributed by atoms with van der Waals surface area (Å²) in [5, 5.41) is 9.52. The number of benzene rings is 1. The summed E-state index contributed by atoms with van der Waals surface area (Å²) in [6.45, 7) is 5.91. The minimum atomic E-state index is -0.499. The lowest BCUT2D eigenvalue weighted by molar-refractivity contribution is 0.199. The van der Waals surface area contributed by atoms with Crippen LogP contribution in [-0.2, 0) is 0 Å². The highest BCUT2D eigenvalue weighted by atomic mass is 16.3. The van der Waals surface area contributed by atoms with Gasteiger partial charge in [0.15, 0.2) is 0 Å². The molecule has 0 spiro atoms. The van der Waals surface area contributed by atoms with E-state index in [1.807, 2.05) is 16.7 Å². The summed E-state index contributed by atoms with van der Waals surface area (Å²) in [5.74, 6) is 0.806. The van der Waals surface area contributed by atoms with Gasteiger partial charge in [-0.3, -0.25) is 4.57 Å². The SMILES string of the molecule is Cc1cc2ncn(-c3ccc([C@H](C)O)cn3)c2cc1C. The van der Waals surface area contributed by atoms with Gasteiger partial charge < -0.3 is 5.11 Å². The topological polar surface area (TPSA) is 50.9 Å². The maximum Gasteiger partial charge on any atom is 0.138 e. The largest absolute Gasteiger partial charge is 0.389 e. The fourth-order valence-corrected chi connectivity index (χ4v) is 2.23. The van der Waals surface area contributed by atoms with Crippen molar-refractivity contribution in [3.05, 3.63) is 53.5 Å². The molecule has 0 saturated carbocycles. The third-order valence-corrected chi connectivity index (χ3v) is 3.66. The number of hydrogen-bond acceptors (Lipinski definition) is 3. The predicted octanol–water partition coefficient (Wildman–Crippen LogP) is 3.09. The maximum atomic E-state index is 9.52. The number of rotatable bonds is 2. The lowest BCUT2D eigenvalue weighted by Crippen LogP contribution is -1.98. The van der Waals surface area contributed by atoms with Crippen LogP contribution in [0, 0.1) is 13.8 Å². The molecule has 3 rings (SSSR count). The molecule has 0 aliphatic heterocycles. The Morgan fingerprint density at radius 2 is 1.85 bits per heavy atom. The number of imidazole rings is 1. The smallest absolute Gasteiger partial charge is 0.138 e. The van der Waals surface area contributed by atoms with Gasteiger partial charge in [-0.1, -0.05) is 6.07 Å². The number of aliphatic hydroxyl groups excluding tert-OH is 1. The van der Waals surface area contributed by atoms with Gasteiger partial charge >= 0.3 is 0 Å². The highest BCUT2D eigenvalue weighted by Crippen LogP contribution is 2.21. The van der Waals surface area contributed by atoms with E-state index in [4.69, 9.17) is 0 Å². The summed E-state index contributed by atoms with van der Waals surface area (Å²) in [6, 6.07) is 8.01. The first-order valence-corrected chi connectivity index (χ1v) is 6.65. The molecule has 0 radical (unpaired) electrons. The quantitative estimate of drug-likeness (QED) is 0.776. The van der Waals surface area contributed by atoms with Crippen LogP contribution in [0.3, 0.4) is 0 Å². The standard InChI is InChI=1S/C16H17N3O/c1-10-6-14-15(7-11(10)2)19(9-18-14)16-5-4-13(8-17-16)12(3)20/h4-9,12,20H,1-3H3/t12-/m0/s1. The van der Waals surface area contributed by atoms with Gasteiger partial charge in [0.2, 0.25) is 0 Å². The van der Waals surface area contributed by atoms with E-state index in [9.17, 15) is 5.11 Å². The average molecular weight is 267 g/mol. The van der Waals surface area contributed by atoms with Crippen molar-refractivity contribution >= 4 is 11.0 Å². The molecule has 4 heteroatoms. The van der Waals surface area contributed by atoms with Crippen LogP contribution in [-0.4, -0.2) is 19.6 Å². The molecular weight excluding hydrogens is 250 g/mol. The molecule has 1 atom stereocenters. The molecule has 0 fully saturated rings. The van der Waals surface area contributed by atoms with Gasteiger partial charge in [-0.05, 0) is 55.7 Å². The van der Waals surface area contributed by atoms with Gasteiger partial charge in [-0.2, -0.15) is 0 Å². The summed E-state index contributed by atoms with van der Waals surface area (Å²) >= 11 is 0. The summed E-state index contributed by atoms with van der Waals surface area (Å²) < 4.78 is 1.97. The zero-order chi connectivity index (χ0) is 14.3. The van der Waals surface area contributed by atoms with Crippen LogP contribution < -0.4 is 0 Å². The third kappa shape index (κ3) is 2.08. The van der Waals surface area contributed by atoms with E-state index in [1.54, 1.807) is 19.4 Å². The number of aryl methyl sites for hydroxylation is 2. The fourth-order valence-electron chi connectivity index (χ4n) is 2.23. The Morgan fingerprint density at radius 3 is 2.50 bits per heavy atom. The molecule has 3 aromatic rings. The highest BCUT2D eigenvalue weighted by molar-refractivity contribution is 5.78. The molecule has 0 saturated heterocycles. The molecule has 20 heavy (non-hydrogen) atoms. The van der Waals surface area contributed by atoms with E-state index in [0.717, 1.165) is 22.4 Å². The molecule has 2 heterocycles. The lowest BCUT2D eigenvalue weighted by Gasteiger charge is -2.07. The number of aromatic nitrogens is 3. The van der Waals surface area contributed by atoms with Crippen molar-refractivity contribution < 1.29 is 5.11 Å². The number of hydrogen-bond donors (Lipinski definition) is 1. The lowest BCUT2D eigenvalue weighted by atomic mass is 10.1. The average Bonchev–Trinajstić information content (AvgIpc) is 2.82. The summed E-state index contributed by atoms with van der Waals surface area (Å²) in [7, 11) is 0. The second-order valence-electron chi connectivity index (χ2n) is 5.17. The van der Waals surface area contributed by atoms with Crippen LogP contribution in [0.4, 0.5) is 0 Å². The normalized spacial score (nSPS) is 12.8. The van der Waals surface area contributed by atoms with Gasteiger partial charge in [0.05, 0.1) is 17.1 Å². The summed E-state index contributed by atoms with van der Waals surface area (Å²) in [5.41, 5.74) is 5.30. The van der Waals surface area contributed by atoms with Crippen molar-refractivity contribution in [1.29, 1.82) is 0 Å². The molecule has 0 aliphatic carbocycles. The number of fused-ring (bicyclic) bond motifs is 1. The van der Waals surface area contributed by atoms with Crippen LogP contribution in [0.2, 0.25) is 0 Å². The molecule has 102 valence electrons. The van der Waals surface area contributed by atoms with E-state index in [2.05, 4.69) is 35.9 Å². The van der Waals surface area contributed by atoms with Crippen LogP contribution in [0.1, 0.15) is 29.7 Å². The minimum absolute atomic E-state index is 0.499. The number of aliphatic hydroxyl groups is 1. The zero-order valence-electron chi connectivity index (χ0n) is 11.8. The zero-order valence-corrected chi connectivity index (χ0v) is 11.8. The Labute approximate surface area is 117 Å². The van der Waals surface area contributed by atoms with Crippen molar-refractivity contribution in [2.45, 2.75) is 26.9 Å². The van der Waals surface area contributed by atoms with Gasteiger partial charge in [0.25, 0.3) is 0 Å². The first-order chi connectivity index (χ1) is 9.56. The van der Waals surface area contributed by atoms with E-state index in [0.29, 0.717) is 0 Å². The monoisotopic (exact) mass is 267 g/mol.